The van der Waals surface area contributed by atoms with Gasteiger partial charge in [-0.05, 0) is 25.0 Å². The number of aromatic nitrogens is 1. The summed E-state index contributed by atoms with van der Waals surface area (Å²) in [4.78, 5) is 14.9. The van der Waals surface area contributed by atoms with Gasteiger partial charge >= 0.3 is 5.97 Å². The van der Waals surface area contributed by atoms with Crippen molar-refractivity contribution in [1.29, 1.82) is 5.26 Å². The highest BCUT2D eigenvalue weighted by Gasteiger charge is 2.60. The number of nitrogens with one attached hydrogen (secondary N) is 1. The third kappa shape index (κ3) is 1.92. The summed E-state index contributed by atoms with van der Waals surface area (Å²) in [6.07, 6.45) is 2.13. The standard InChI is InChI=1S/C15H18N2O3/c1-15(2)12-10(4-3-7-19-12)13(15)20-14(18)11-6-5-9(8-16)17-11/h5-6,10,12-13,17H,3-4,7H2,1-2H3/t10-,12+,13+/m0/s1. The molecular weight excluding hydrogens is 256 g/mol. The van der Waals surface area contributed by atoms with Gasteiger partial charge in [0.25, 0.3) is 0 Å². The molecule has 1 saturated carbocycles. The number of hydrogen-bond donors (Lipinski definition) is 1. The van der Waals surface area contributed by atoms with Crippen molar-refractivity contribution in [3.63, 3.8) is 0 Å². The lowest BCUT2D eigenvalue weighted by Gasteiger charge is -2.58. The van der Waals surface area contributed by atoms with Crippen LogP contribution >= 0.6 is 0 Å². The summed E-state index contributed by atoms with van der Waals surface area (Å²) in [6.45, 7) is 4.95. The van der Waals surface area contributed by atoms with Crippen LogP contribution in [0.25, 0.3) is 0 Å². The fraction of sp³-hybridized carbons (Fsp3) is 0.600. The monoisotopic (exact) mass is 274 g/mol. The third-order valence-electron chi connectivity index (χ3n) is 4.48. The van der Waals surface area contributed by atoms with E-state index >= 15 is 0 Å². The van der Waals surface area contributed by atoms with E-state index in [0.29, 0.717) is 17.3 Å². The molecule has 1 aliphatic heterocycles. The van der Waals surface area contributed by atoms with Gasteiger partial charge in [0.2, 0.25) is 0 Å². The van der Waals surface area contributed by atoms with E-state index in [1.807, 2.05) is 6.07 Å². The van der Waals surface area contributed by atoms with Gasteiger partial charge in [-0.25, -0.2) is 4.79 Å². The first-order valence-electron chi connectivity index (χ1n) is 6.95. The van der Waals surface area contributed by atoms with Gasteiger partial charge in [0.05, 0.1) is 6.10 Å². The molecule has 0 bridgehead atoms. The van der Waals surface area contributed by atoms with Crippen LogP contribution in [0.5, 0.6) is 0 Å². The maximum Gasteiger partial charge on any atom is 0.355 e. The first kappa shape index (κ1) is 13.2. The molecule has 1 aromatic heterocycles. The molecular formula is C15H18N2O3. The SMILES string of the molecule is CC1(C)[C@@H]2OCCC[C@@H]2[C@H]1OC(=O)c1ccc(C#N)[nH]1. The molecule has 1 aliphatic carbocycles. The van der Waals surface area contributed by atoms with Crippen LogP contribution in [0, 0.1) is 22.7 Å². The van der Waals surface area contributed by atoms with Gasteiger partial charge in [0.15, 0.2) is 0 Å². The quantitative estimate of drug-likeness (QED) is 0.839. The highest BCUT2D eigenvalue weighted by atomic mass is 16.6. The molecule has 1 N–H and O–H groups in total. The van der Waals surface area contributed by atoms with Crippen molar-refractivity contribution in [3.05, 3.63) is 23.5 Å². The lowest BCUT2D eigenvalue weighted by atomic mass is 9.57. The van der Waals surface area contributed by atoms with E-state index in [1.165, 1.54) is 0 Å². The summed E-state index contributed by atoms with van der Waals surface area (Å²) >= 11 is 0. The molecule has 1 saturated heterocycles. The van der Waals surface area contributed by atoms with Gasteiger partial charge in [-0.15, -0.1) is 0 Å². The summed E-state index contributed by atoms with van der Waals surface area (Å²) in [7, 11) is 0. The predicted octanol–water partition coefficient (Wildman–Crippen LogP) is 2.25. The molecule has 20 heavy (non-hydrogen) atoms. The molecule has 0 aromatic carbocycles. The fourth-order valence-corrected chi connectivity index (χ4v) is 3.47. The molecule has 1 aromatic rings. The molecule has 5 nitrogen and oxygen atoms in total. The Morgan fingerprint density at radius 2 is 2.35 bits per heavy atom. The Bertz CT molecular complexity index is 570. The second-order valence-corrected chi connectivity index (χ2v) is 6.14. The number of hydrogen-bond acceptors (Lipinski definition) is 4. The Kier molecular flexibility index (Phi) is 3.06. The molecule has 106 valence electrons. The highest BCUT2D eigenvalue weighted by molar-refractivity contribution is 5.87. The molecule has 2 fully saturated rings. The van der Waals surface area contributed by atoms with Crippen LogP contribution in [0.1, 0.15) is 42.9 Å². The van der Waals surface area contributed by atoms with Crippen molar-refractivity contribution in [1.82, 2.24) is 4.98 Å². The van der Waals surface area contributed by atoms with Crippen molar-refractivity contribution >= 4 is 5.97 Å². The van der Waals surface area contributed by atoms with Gasteiger partial charge in [0, 0.05) is 17.9 Å². The number of carbonyl (C=O) groups is 1. The first-order chi connectivity index (χ1) is 9.54. The van der Waals surface area contributed by atoms with Crippen LogP contribution in [0.2, 0.25) is 0 Å². The van der Waals surface area contributed by atoms with Crippen LogP contribution in [0.15, 0.2) is 12.1 Å². The van der Waals surface area contributed by atoms with Gasteiger partial charge in [0.1, 0.15) is 23.6 Å². The first-order valence-corrected chi connectivity index (χ1v) is 6.95. The van der Waals surface area contributed by atoms with Crippen LogP contribution in [-0.2, 0) is 9.47 Å². The molecule has 0 radical (unpaired) electrons. The van der Waals surface area contributed by atoms with E-state index in [1.54, 1.807) is 12.1 Å². The Morgan fingerprint density at radius 1 is 1.55 bits per heavy atom. The number of nitrogens with zero attached hydrogens (tertiary/aromatic N) is 1. The van der Waals surface area contributed by atoms with E-state index in [4.69, 9.17) is 14.7 Å². The van der Waals surface area contributed by atoms with Crippen LogP contribution < -0.4 is 0 Å². The van der Waals surface area contributed by atoms with Crippen molar-refractivity contribution < 1.29 is 14.3 Å². The average Bonchev–Trinajstić information content (AvgIpc) is 2.93. The Hall–Kier alpha value is -1.80. The molecule has 0 spiro atoms. The number of fused-ring (bicyclic) bond motifs is 1. The zero-order chi connectivity index (χ0) is 14.3. The topological polar surface area (TPSA) is 75.1 Å². The second-order valence-electron chi connectivity index (χ2n) is 6.14. The van der Waals surface area contributed by atoms with Gasteiger partial charge < -0.3 is 14.5 Å². The van der Waals surface area contributed by atoms with Crippen molar-refractivity contribution in [3.8, 4) is 6.07 Å². The number of aromatic amines is 1. The summed E-state index contributed by atoms with van der Waals surface area (Å²) in [6, 6.07) is 5.12. The molecule has 2 heterocycles. The number of nitriles is 1. The summed E-state index contributed by atoms with van der Waals surface area (Å²) < 4.78 is 11.4. The lowest BCUT2D eigenvalue weighted by molar-refractivity contribution is -0.243. The van der Waals surface area contributed by atoms with E-state index in [0.717, 1.165) is 19.4 Å². The maximum absolute atomic E-state index is 12.1. The Labute approximate surface area is 117 Å². The molecule has 3 rings (SSSR count). The van der Waals surface area contributed by atoms with Crippen LogP contribution in [0.3, 0.4) is 0 Å². The molecule has 5 heteroatoms. The minimum Gasteiger partial charge on any atom is -0.457 e. The molecule has 0 amide bonds. The molecule has 2 aliphatic rings. The largest absolute Gasteiger partial charge is 0.457 e. The molecule has 3 atom stereocenters. The van der Waals surface area contributed by atoms with E-state index in [2.05, 4.69) is 18.8 Å². The van der Waals surface area contributed by atoms with Crippen LogP contribution in [0.4, 0.5) is 0 Å². The molecule has 0 unspecified atom stereocenters. The number of H-pyrrole nitrogens is 1. The zero-order valence-electron chi connectivity index (χ0n) is 11.7. The summed E-state index contributed by atoms with van der Waals surface area (Å²) in [5.74, 6) is -0.0957. The number of carbonyl (C=O) groups excluding carboxylic acids is 1. The van der Waals surface area contributed by atoms with Crippen molar-refractivity contribution in [2.45, 2.75) is 38.9 Å². The van der Waals surface area contributed by atoms with Gasteiger partial charge in [-0.1, -0.05) is 13.8 Å². The predicted molar refractivity (Wildman–Crippen MR) is 71.0 cm³/mol. The van der Waals surface area contributed by atoms with Gasteiger partial charge in [-0.3, -0.25) is 0 Å². The third-order valence-corrected chi connectivity index (χ3v) is 4.48. The smallest absolute Gasteiger partial charge is 0.355 e. The lowest BCUT2D eigenvalue weighted by Crippen LogP contribution is -2.65. The number of rotatable bonds is 2. The highest BCUT2D eigenvalue weighted by Crippen LogP contribution is 2.53. The van der Waals surface area contributed by atoms with E-state index in [9.17, 15) is 4.79 Å². The summed E-state index contributed by atoms with van der Waals surface area (Å²) in [5, 5.41) is 8.76. The fourth-order valence-electron chi connectivity index (χ4n) is 3.47. The Balaban J connectivity index is 1.71. The van der Waals surface area contributed by atoms with Crippen molar-refractivity contribution in [2.24, 2.45) is 11.3 Å². The minimum absolute atomic E-state index is 0.117. The zero-order valence-corrected chi connectivity index (χ0v) is 11.7. The van der Waals surface area contributed by atoms with Crippen LogP contribution in [-0.4, -0.2) is 29.8 Å². The number of ether oxygens (including phenoxy) is 2. The maximum atomic E-state index is 12.1. The average molecular weight is 274 g/mol. The van der Waals surface area contributed by atoms with E-state index < -0.39 is 5.97 Å². The van der Waals surface area contributed by atoms with Crippen molar-refractivity contribution in [2.75, 3.05) is 6.61 Å². The van der Waals surface area contributed by atoms with E-state index in [-0.39, 0.29) is 17.6 Å². The normalized spacial score (nSPS) is 30.8. The summed E-state index contributed by atoms with van der Waals surface area (Å²) in [5.41, 5.74) is 0.548. The number of esters is 1. The van der Waals surface area contributed by atoms with Gasteiger partial charge in [-0.2, -0.15) is 5.26 Å². The minimum atomic E-state index is -0.395. The Morgan fingerprint density at radius 3 is 3.05 bits per heavy atom. The second kappa shape index (κ2) is 4.64.